The number of aryl methyl sites for hydroxylation is 1. The van der Waals surface area contributed by atoms with Crippen LogP contribution in [0.15, 0.2) is 52.0 Å². The van der Waals surface area contributed by atoms with E-state index in [-0.39, 0.29) is 23.4 Å². The number of furan rings is 1. The fraction of sp³-hybridized carbons (Fsp3) is 0.400. The molecule has 0 radical (unpaired) electrons. The molecular weight excluding hydrogens is 396 g/mol. The fourth-order valence-corrected chi connectivity index (χ4v) is 3.99. The molecule has 1 aliphatic carbocycles. The van der Waals surface area contributed by atoms with Crippen LogP contribution < -0.4 is 5.32 Å². The summed E-state index contributed by atoms with van der Waals surface area (Å²) in [5.74, 6) is -0.821. The van der Waals surface area contributed by atoms with Gasteiger partial charge in [0.25, 0.3) is 5.91 Å². The molecule has 9 heteroatoms. The highest BCUT2D eigenvalue weighted by atomic mass is 32.2. The molecule has 1 atom stereocenters. The lowest BCUT2D eigenvalue weighted by Gasteiger charge is -2.21. The third-order valence-corrected chi connectivity index (χ3v) is 6.28. The van der Waals surface area contributed by atoms with Crippen molar-refractivity contribution < 1.29 is 27.2 Å². The lowest BCUT2D eigenvalue weighted by molar-refractivity contribution is -0.155. The van der Waals surface area contributed by atoms with E-state index >= 15 is 0 Å². The van der Waals surface area contributed by atoms with Gasteiger partial charge in [-0.2, -0.15) is 4.31 Å². The SMILES string of the molecule is Cc1ccc(S(=O)(=O)N(CC(=O)O[C@@H](C)C(=O)NC2CC2)Cc2ccco2)cc1. The highest BCUT2D eigenvalue weighted by Crippen LogP contribution is 2.20. The van der Waals surface area contributed by atoms with Crippen molar-refractivity contribution in [3.8, 4) is 0 Å². The van der Waals surface area contributed by atoms with Gasteiger partial charge in [-0.1, -0.05) is 17.7 Å². The van der Waals surface area contributed by atoms with Gasteiger partial charge in [0.1, 0.15) is 12.3 Å². The van der Waals surface area contributed by atoms with Gasteiger partial charge in [-0.25, -0.2) is 8.42 Å². The molecule has 29 heavy (non-hydrogen) atoms. The number of benzene rings is 1. The second kappa shape index (κ2) is 8.79. The molecule has 0 saturated heterocycles. The van der Waals surface area contributed by atoms with Gasteiger partial charge < -0.3 is 14.5 Å². The van der Waals surface area contributed by atoms with Crippen molar-refractivity contribution in [1.29, 1.82) is 0 Å². The maximum atomic E-state index is 13.1. The predicted octanol–water partition coefficient (Wildman–Crippen LogP) is 1.99. The molecule has 1 saturated carbocycles. The number of carbonyl (C=O) groups excluding carboxylic acids is 2. The number of amides is 1. The molecule has 1 heterocycles. The van der Waals surface area contributed by atoms with Crippen molar-refractivity contribution >= 4 is 21.9 Å². The van der Waals surface area contributed by atoms with E-state index in [0.29, 0.717) is 5.76 Å². The zero-order valence-corrected chi connectivity index (χ0v) is 17.1. The first-order chi connectivity index (χ1) is 13.8. The quantitative estimate of drug-likeness (QED) is 0.622. The first-order valence-electron chi connectivity index (χ1n) is 9.35. The Morgan fingerprint density at radius 1 is 1.24 bits per heavy atom. The summed E-state index contributed by atoms with van der Waals surface area (Å²) in [5, 5.41) is 2.75. The molecule has 1 fully saturated rings. The summed E-state index contributed by atoms with van der Waals surface area (Å²) < 4.78 is 37.5. The normalized spacial score (nSPS) is 15.1. The predicted molar refractivity (Wildman–Crippen MR) is 104 cm³/mol. The van der Waals surface area contributed by atoms with Gasteiger partial charge in [-0.15, -0.1) is 0 Å². The van der Waals surface area contributed by atoms with Gasteiger partial charge in [0.15, 0.2) is 6.10 Å². The second-order valence-electron chi connectivity index (χ2n) is 7.08. The van der Waals surface area contributed by atoms with E-state index < -0.39 is 28.6 Å². The van der Waals surface area contributed by atoms with Crippen molar-refractivity contribution in [2.24, 2.45) is 0 Å². The van der Waals surface area contributed by atoms with Crippen LogP contribution >= 0.6 is 0 Å². The zero-order chi connectivity index (χ0) is 21.0. The average molecular weight is 420 g/mol. The highest BCUT2D eigenvalue weighted by molar-refractivity contribution is 7.89. The van der Waals surface area contributed by atoms with E-state index in [2.05, 4.69) is 5.32 Å². The van der Waals surface area contributed by atoms with Gasteiger partial charge in [-0.05, 0) is 51.0 Å². The van der Waals surface area contributed by atoms with E-state index in [1.54, 1.807) is 24.3 Å². The minimum absolute atomic E-state index is 0.0574. The minimum atomic E-state index is -3.98. The fourth-order valence-electron chi connectivity index (χ4n) is 2.64. The van der Waals surface area contributed by atoms with Crippen LogP contribution in [0, 0.1) is 6.92 Å². The van der Waals surface area contributed by atoms with Crippen LogP contribution in [-0.4, -0.2) is 43.3 Å². The largest absolute Gasteiger partial charge is 0.468 e. The molecule has 156 valence electrons. The first kappa shape index (κ1) is 21.1. The molecule has 1 N–H and O–H groups in total. The van der Waals surface area contributed by atoms with E-state index in [1.165, 1.54) is 25.3 Å². The molecule has 0 aliphatic heterocycles. The Kier molecular flexibility index (Phi) is 6.39. The van der Waals surface area contributed by atoms with E-state index in [1.807, 2.05) is 6.92 Å². The molecule has 0 spiro atoms. The number of hydrogen-bond donors (Lipinski definition) is 1. The molecule has 1 aromatic heterocycles. The van der Waals surface area contributed by atoms with Crippen molar-refractivity contribution in [3.05, 3.63) is 54.0 Å². The standard InChI is InChI=1S/C20H24N2O6S/c1-14-5-9-18(10-6-14)29(25,26)22(12-17-4-3-11-27-17)13-19(23)28-15(2)20(24)21-16-7-8-16/h3-6,9-11,15-16H,7-8,12-13H2,1-2H3,(H,21,24)/t15-/m0/s1. The number of carbonyl (C=O) groups is 2. The summed E-state index contributed by atoms with van der Waals surface area (Å²) in [6, 6.07) is 9.72. The smallest absolute Gasteiger partial charge is 0.322 e. The molecule has 1 amide bonds. The Morgan fingerprint density at radius 3 is 2.52 bits per heavy atom. The van der Waals surface area contributed by atoms with Gasteiger partial charge in [-0.3, -0.25) is 9.59 Å². The average Bonchev–Trinajstić information content (AvgIpc) is 3.33. The zero-order valence-electron chi connectivity index (χ0n) is 16.3. The van der Waals surface area contributed by atoms with E-state index in [0.717, 1.165) is 22.7 Å². The van der Waals surface area contributed by atoms with Crippen LogP contribution in [-0.2, 0) is 30.9 Å². The first-order valence-corrected chi connectivity index (χ1v) is 10.8. The Balaban J connectivity index is 1.73. The van der Waals surface area contributed by atoms with Gasteiger partial charge in [0, 0.05) is 6.04 Å². The molecule has 3 rings (SSSR count). The molecule has 2 aromatic rings. The van der Waals surface area contributed by atoms with Crippen LogP contribution in [0.1, 0.15) is 31.1 Å². The van der Waals surface area contributed by atoms with Gasteiger partial charge >= 0.3 is 5.97 Å². The summed E-state index contributed by atoms with van der Waals surface area (Å²) in [5.41, 5.74) is 0.913. The van der Waals surface area contributed by atoms with Crippen molar-refractivity contribution in [3.63, 3.8) is 0 Å². The number of sulfonamides is 1. The number of hydrogen-bond acceptors (Lipinski definition) is 6. The molecular formula is C20H24N2O6S. The summed E-state index contributed by atoms with van der Waals surface area (Å²) in [6.07, 6.45) is 2.25. The molecule has 1 aliphatic rings. The van der Waals surface area contributed by atoms with Crippen molar-refractivity contribution in [2.75, 3.05) is 6.54 Å². The van der Waals surface area contributed by atoms with Gasteiger partial charge in [0.2, 0.25) is 10.0 Å². The van der Waals surface area contributed by atoms with Crippen LogP contribution in [0.25, 0.3) is 0 Å². The summed E-state index contributed by atoms with van der Waals surface area (Å²) in [4.78, 5) is 24.4. The molecule has 1 aromatic carbocycles. The van der Waals surface area contributed by atoms with Crippen molar-refractivity contribution in [1.82, 2.24) is 9.62 Å². The number of rotatable bonds is 9. The third-order valence-electron chi connectivity index (χ3n) is 4.48. The van der Waals surface area contributed by atoms with E-state index in [9.17, 15) is 18.0 Å². The Bertz CT molecular complexity index is 949. The Morgan fingerprint density at radius 2 is 1.93 bits per heavy atom. The lowest BCUT2D eigenvalue weighted by atomic mass is 10.2. The van der Waals surface area contributed by atoms with Gasteiger partial charge in [0.05, 0.1) is 17.7 Å². The van der Waals surface area contributed by atoms with Crippen LogP contribution in [0.3, 0.4) is 0 Å². The van der Waals surface area contributed by atoms with Crippen molar-refractivity contribution in [2.45, 2.75) is 50.3 Å². The lowest BCUT2D eigenvalue weighted by Crippen LogP contribution is -2.41. The topological polar surface area (TPSA) is 106 Å². The Labute approximate surface area is 169 Å². The number of ether oxygens (including phenoxy) is 1. The number of nitrogens with zero attached hydrogens (tertiary/aromatic N) is 1. The minimum Gasteiger partial charge on any atom is -0.468 e. The molecule has 8 nitrogen and oxygen atoms in total. The van der Waals surface area contributed by atoms with E-state index in [4.69, 9.17) is 9.15 Å². The maximum Gasteiger partial charge on any atom is 0.322 e. The summed E-state index contributed by atoms with van der Waals surface area (Å²) >= 11 is 0. The monoisotopic (exact) mass is 420 g/mol. The second-order valence-corrected chi connectivity index (χ2v) is 9.02. The molecule has 0 bridgehead atoms. The summed E-state index contributed by atoms with van der Waals surface area (Å²) in [6.45, 7) is 2.63. The number of esters is 1. The molecule has 0 unspecified atom stereocenters. The Hall–Kier alpha value is -2.65. The van der Waals surface area contributed by atoms with Crippen LogP contribution in [0.5, 0.6) is 0 Å². The van der Waals surface area contributed by atoms with Crippen LogP contribution in [0.2, 0.25) is 0 Å². The summed E-state index contributed by atoms with van der Waals surface area (Å²) in [7, 11) is -3.98. The maximum absolute atomic E-state index is 13.1. The third kappa shape index (κ3) is 5.68. The van der Waals surface area contributed by atoms with Crippen LogP contribution in [0.4, 0.5) is 0 Å². The number of nitrogens with one attached hydrogen (secondary N) is 1. The highest BCUT2D eigenvalue weighted by Gasteiger charge is 2.31.